The zero-order valence-corrected chi connectivity index (χ0v) is 21.2. The molecule has 0 saturated carbocycles. The van der Waals surface area contributed by atoms with E-state index in [9.17, 15) is 9.59 Å². The van der Waals surface area contributed by atoms with Crippen LogP contribution in [0.2, 0.25) is 5.02 Å². The van der Waals surface area contributed by atoms with Crippen LogP contribution < -0.4 is 10.1 Å². The topological polar surface area (TPSA) is 58.6 Å². The zero-order chi connectivity index (χ0) is 23.8. The number of amides is 2. The minimum absolute atomic E-state index is 0.174. The molecule has 1 unspecified atom stereocenters. The van der Waals surface area contributed by atoms with Gasteiger partial charge < -0.3 is 15.0 Å². The van der Waals surface area contributed by atoms with E-state index >= 15 is 0 Å². The third-order valence-corrected chi connectivity index (χ3v) is 6.60. The second kappa shape index (κ2) is 12.1. The first-order valence-electron chi connectivity index (χ1n) is 11.1. The molecule has 2 amide bonds. The molecular formula is C26H28BrClN2O3. The van der Waals surface area contributed by atoms with Gasteiger partial charge in [0.1, 0.15) is 11.8 Å². The van der Waals surface area contributed by atoms with Gasteiger partial charge in [0.15, 0.2) is 6.61 Å². The van der Waals surface area contributed by atoms with Crippen LogP contribution in [0.3, 0.4) is 0 Å². The van der Waals surface area contributed by atoms with Crippen molar-refractivity contribution in [3.05, 3.63) is 75.7 Å². The largest absolute Gasteiger partial charge is 0.483 e. The molecule has 1 atom stereocenters. The van der Waals surface area contributed by atoms with Gasteiger partial charge in [-0.25, -0.2) is 0 Å². The lowest BCUT2D eigenvalue weighted by Gasteiger charge is -2.31. The Balaban J connectivity index is 1.83. The highest BCUT2D eigenvalue weighted by atomic mass is 79.9. The van der Waals surface area contributed by atoms with E-state index in [1.807, 2.05) is 68.4 Å². The van der Waals surface area contributed by atoms with Crippen molar-refractivity contribution in [2.75, 3.05) is 13.2 Å². The van der Waals surface area contributed by atoms with Crippen molar-refractivity contribution in [1.82, 2.24) is 10.2 Å². The highest BCUT2D eigenvalue weighted by molar-refractivity contribution is 9.10. The minimum atomic E-state index is -0.621. The molecule has 5 nitrogen and oxygen atoms in total. The number of ether oxygens (including phenoxy) is 1. The fourth-order valence-electron chi connectivity index (χ4n) is 3.64. The van der Waals surface area contributed by atoms with E-state index in [1.165, 1.54) is 0 Å². The summed E-state index contributed by atoms with van der Waals surface area (Å²) >= 11 is 9.95. The summed E-state index contributed by atoms with van der Waals surface area (Å²) in [5, 5.41) is 5.53. The van der Waals surface area contributed by atoms with E-state index in [1.54, 1.807) is 11.0 Å². The van der Waals surface area contributed by atoms with Crippen molar-refractivity contribution in [1.29, 1.82) is 0 Å². The molecule has 174 valence electrons. The van der Waals surface area contributed by atoms with Gasteiger partial charge in [0, 0.05) is 18.1 Å². The van der Waals surface area contributed by atoms with Crippen molar-refractivity contribution in [2.24, 2.45) is 0 Å². The second-order valence-corrected chi connectivity index (χ2v) is 8.92. The molecule has 7 heteroatoms. The van der Waals surface area contributed by atoms with Crippen molar-refractivity contribution in [3.8, 4) is 5.75 Å². The molecule has 0 saturated heterocycles. The van der Waals surface area contributed by atoms with Gasteiger partial charge in [-0.1, -0.05) is 74.0 Å². The Kier molecular flexibility index (Phi) is 9.15. The monoisotopic (exact) mass is 530 g/mol. The van der Waals surface area contributed by atoms with Gasteiger partial charge in [-0.3, -0.25) is 9.59 Å². The molecule has 0 bridgehead atoms. The van der Waals surface area contributed by atoms with Crippen LogP contribution in [0.1, 0.15) is 32.3 Å². The van der Waals surface area contributed by atoms with E-state index in [0.717, 1.165) is 27.2 Å². The Hall–Kier alpha value is -2.57. The number of nitrogens with one attached hydrogen (secondary N) is 1. The number of hydrogen-bond donors (Lipinski definition) is 1. The molecule has 0 heterocycles. The predicted octanol–water partition coefficient (Wildman–Crippen LogP) is 5.97. The molecule has 3 rings (SSSR count). The zero-order valence-electron chi connectivity index (χ0n) is 18.8. The Morgan fingerprint density at radius 1 is 1.06 bits per heavy atom. The maximum atomic E-state index is 13.3. The average molecular weight is 532 g/mol. The van der Waals surface area contributed by atoms with Crippen LogP contribution in [0.4, 0.5) is 0 Å². The number of carbonyl (C=O) groups excluding carboxylic acids is 2. The number of halogens is 2. The predicted molar refractivity (Wildman–Crippen MR) is 137 cm³/mol. The normalized spacial score (nSPS) is 11.8. The van der Waals surface area contributed by atoms with Crippen LogP contribution in [0.15, 0.2) is 65.1 Å². The van der Waals surface area contributed by atoms with Gasteiger partial charge in [0.2, 0.25) is 5.91 Å². The van der Waals surface area contributed by atoms with Crippen molar-refractivity contribution >= 4 is 50.1 Å². The number of carbonyl (C=O) groups is 2. The van der Waals surface area contributed by atoms with E-state index in [0.29, 0.717) is 23.7 Å². The molecule has 0 aliphatic carbocycles. The fourth-order valence-corrected chi connectivity index (χ4v) is 4.45. The molecule has 0 aliphatic heterocycles. The first kappa shape index (κ1) is 25.1. The Morgan fingerprint density at radius 3 is 2.52 bits per heavy atom. The lowest BCUT2D eigenvalue weighted by atomic mass is 10.1. The molecule has 3 aromatic rings. The third-order valence-electron chi connectivity index (χ3n) is 5.41. The lowest BCUT2D eigenvalue weighted by molar-refractivity contribution is -0.143. The average Bonchev–Trinajstić information content (AvgIpc) is 2.83. The molecule has 33 heavy (non-hydrogen) atoms. The summed E-state index contributed by atoms with van der Waals surface area (Å²) in [7, 11) is 0. The quantitative estimate of drug-likeness (QED) is 0.351. The van der Waals surface area contributed by atoms with Crippen LogP contribution >= 0.6 is 27.5 Å². The van der Waals surface area contributed by atoms with E-state index in [2.05, 4.69) is 21.2 Å². The standard InChI is InChI=1S/C26H28BrClN2O3/c1-3-15-29-26(32)22(4-2)30(16-19-10-6-8-12-21(19)28)24(31)17-33-23-14-13-18-9-5-7-11-20(18)25(23)27/h5-14,22H,3-4,15-17H2,1-2H3,(H,29,32). The maximum Gasteiger partial charge on any atom is 0.261 e. The molecule has 1 N–H and O–H groups in total. The second-order valence-electron chi connectivity index (χ2n) is 7.72. The Morgan fingerprint density at radius 2 is 1.79 bits per heavy atom. The van der Waals surface area contributed by atoms with Crippen LogP contribution in [-0.2, 0) is 16.1 Å². The summed E-state index contributed by atoms with van der Waals surface area (Å²) in [5.41, 5.74) is 0.779. The molecule has 0 aliphatic rings. The number of fused-ring (bicyclic) bond motifs is 1. The maximum absolute atomic E-state index is 13.3. The van der Waals surface area contributed by atoms with Crippen LogP contribution in [0.25, 0.3) is 10.8 Å². The van der Waals surface area contributed by atoms with Crippen LogP contribution in [0.5, 0.6) is 5.75 Å². The molecule has 0 radical (unpaired) electrons. The summed E-state index contributed by atoms with van der Waals surface area (Å²) in [6.07, 6.45) is 1.30. The summed E-state index contributed by atoms with van der Waals surface area (Å²) in [5.74, 6) is 0.114. The summed E-state index contributed by atoms with van der Waals surface area (Å²) in [4.78, 5) is 27.7. The van der Waals surface area contributed by atoms with Gasteiger partial charge in [-0.05, 0) is 57.2 Å². The Labute approximate surface area is 208 Å². The van der Waals surface area contributed by atoms with Crippen LogP contribution in [-0.4, -0.2) is 35.9 Å². The van der Waals surface area contributed by atoms with Gasteiger partial charge in [0.05, 0.1) is 4.47 Å². The summed E-state index contributed by atoms with van der Waals surface area (Å²) < 4.78 is 6.70. The van der Waals surface area contributed by atoms with E-state index in [4.69, 9.17) is 16.3 Å². The Bertz CT molecular complexity index is 1120. The number of hydrogen-bond acceptors (Lipinski definition) is 3. The van der Waals surface area contributed by atoms with Crippen LogP contribution in [0, 0.1) is 0 Å². The fraction of sp³-hybridized carbons (Fsp3) is 0.308. The first-order valence-corrected chi connectivity index (χ1v) is 12.2. The molecule has 0 spiro atoms. The summed E-state index contributed by atoms with van der Waals surface area (Å²) in [6.45, 7) is 4.47. The molecule has 3 aromatic carbocycles. The van der Waals surface area contributed by atoms with Gasteiger partial charge in [0.25, 0.3) is 5.91 Å². The first-order chi connectivity index (χ1) is 16.0. The third kappa shape index (κ3) is 6.27. The van der Waals surface area contributed by atoms with E-state index in [-0.39, 0.29) is 25.0 Å². The van der Waals surface area contributed by atoms with E-state index < -0.39 is 6.04 Å². The summed E-state index contributed by atoms with van der Waals surface area (Å²) in [6, 6.07) is 18.4. The smallest absolute Gasteiger partial charge is 0.261 e. The number of nitrogens with zero attached hydrogens (tertiary/aromatic N) is 1. The highest BCUT2D eigenvalue weighted by Crippen LogP contribution is 2.33. The van der Waals surface area contributed by atoms with Crippen molar-refractivity contribution in [2.45, 2.75) is 39.3 Å². The number of rotatable bonds is 10. The SMILES string of the molecule is CCCNC(=O)C(CC)N(Cc1ccccc1Cl)C(=O)COc1ccc2ccccc2c1Br. The molecular weight excluding hydrogens is 504 g/mol. The highest BCUT2D eigenvalue weighted by Gasteiger charge is 2.29. The van der Waals surface area contributed by atoms with Gasteiger partial charge in [-0.15, -0.1) is 0 Å². The molecule has 0 aromatic heterocycles. The van der Waals surface area contributed by atoms with Crippen molar-refractivity contribution in [3.63, 3.8) is 0 Å². The molecule has 0 fully saturated rings. The van der Waals surface area contributed by atoms with Gasteiger partial charge in [-0.2, -0.15) is 0 Å². The van der Waals surface area contributed by atoms with Crippen molar-refractivity contribution < 1.29 is 14.3 Å². The number of benzene rings is 3. The minimum Gasteiger partial charge on any atom is -0.483 e. The van der Waals surface area contributed by atoms with Gasteiger partial charge >= 0.3 is 0 Å². The lowest BCUT2D eigenvalue weighted by Crippen LogP contribution is -2.50.